The maximum atomic E-state index is 12.9. The summed E-state index contributed by atoms with van der Waals surface area (Å²) < 4.78 is 6.93. The summed E-state index contributed by atoms with van der Waals surface area (Å²) in [5.74, 6) is -0.589. The molecule has 0 aromatic carbocycles. The van der Waals surface area contributed by atoms with E-state index >= 15 is 0 Å². The number of urea groups is 1. The molecule has 1 unspecified atom stereocenters. The van der Waals surface area contributed by atoms with Crippen LogP contribution in [-0.2, 0) is 14.3 Å². The maximum Gasteiger partial charge on any atom is 0.417 e. The fourth-order valence-corrected chi connectivity index (χ4v) is 4.17. The molecule has 158 valence electrons. The Balaban J connectivity index is 1.76. The van der Waals surface area contributed by atoms with E-state index in [9.17, 15) is 14.4 Å². The van der Waals surface area contributed by atoms with Crippen LogP contribution < -0.4 is 5.32 Å². The second-order valence-corrected chi connectivity index (χ2v) is 7.74. The third kappa shape index (κ3) is 4.42. The number of amides is 4. The third-order valence-electron chi connectivity index (χ3n) is 5.76. The zero-order valence-corrected chi connectivity index (χ0v) is 17.6. The molecule has 1 saturated heterocycles. The fraction of sp³-hybridized carbons (Fsp3) is 0.619. The smallest absolute Gasteiger partial charge is 0.385 e. The molecule has 2 aliphatic heterocycles. The summed E-state index contributed by atoms with van der Waals surface area (Å²) in [6.07, 6.45) is 10.2. The average Bonchev–Trinajstić information content (AvgIpc) is 3.11. The number of nitrogens with one attached hydrogen (secondary N) is 1. The van der Waals surface area contributed by atoms with E-state index in [1.54, 1.807) is 24.8 Å². The van der Waals surface area contributed by atoms with Gasteiger partial charge in [0.05, 0.1) is 13.6 Å². The number of hydrogen-bond acceptors (Lipinski definition) is 4. The van der Waals surface area contributed by atoms with Crippen molar-refractivity contribution >= 4 is 23.7 Å². The average molecular weight is 404 g/mol. The van der Waals surface area contributed by atoms with E-state index in [4.69, 9.17) is 4.74 Å². The van der Waals surface area contributed by atoms with Crippen LogP contribution >= 0.6 is 0 Å². The summed E-state index contributed by atoms with van der Waals surface area (Å²) >= 11 is 0. The molecule has 1 atom stereocenters. The van der Waals surface area contributed by atoms with Crippen molar-refractivity contribution in [1.82, 2.24) is 15.1 Å². The van der Waals surface area contributed by atoms with Crippen molar-refractivity contribution in [2.45, 2.75) is 38.5 Å². The first kappa shape index (κ1) is 21.2. The second-order valence-electron chi connectivity index (χ2n) is 7.74. The monoisotopic (exact) mass is 403 g/mol. The number of nitrogens with zero attached hydrogens (tertiary/aromatic N) is 3. The Morgan fingerprint density at radius 1 is 1.28 bits per heavy atom. The van der Waals surface area contributed by atoms with Crippen LogP contribution in [0.2, 0.25) is 0 Å². The van der Waals surface area contributed by atoms with Crippen molar-refractivity contribution in [3.8, 4) is 0 Å². The minimum atomic E-state index is -0.618. The van der Waals surface area contributed by atoms with Crippen molar-refractivity contribution < 1.29 is 23.7 Å². The van der Waals surface area contributed by atoms with E-state index in [1.807, 2.05) is 0 Å². The first-order valence-corrected chi connectivity index (χ1v) is 10.3. The Hall–Kier alpha value is -2.48. The van der Waals surface area contributed by atoms with E-state index in [-0.39, 0.29) is 11.8 Å². The van der Waals surface area contributed by atoms with Crippen molar-refractivity contribution in [3.05, 3.63) is 23.4 Å². The molecule has 29 heavy (non-hydrogen) atoms. The normalized spacial score (nSPS) is 22.0. The summed E-state index contributed by atoms with van der Waals surface area (Å²) in [6, 6.07) is -0.391. The molecule has 1 aliphatic carbocycles. The molecule has 0 spiro atoms. The summed E-state index contributed by atoms with van der Waals surface area (Å²) in [7, 11) is 4.73. The lowest BCUT2D eigenvalue weighted by molar-refractivity contribution is -0.474. The summed E-state index contributed by atoms with van der Waals surface area (Å²) in [4.78, 5) is 40.6. The number of amidine groups is 1. The molecule has 2 heterocycles. The lowest BCUT2D eigenvalue weighted by Crippen LogP contribution is -2.57. The number of hydrogen-bond donors (Lipinski definition) is 1. The Morgan fingerprint density at radius 2 is 2.07 bits per heavy atom. The molecule has 0 radical (unpaired) electrons. The van der Waals surface area contributed by atoms with Gasteiger partial charge in [-0.1, -0.05) is 11.6 Å². The number of carbonyl (C=O) groups excluding carboxylic acids is 3. The number of carbonyl (C=O) groups is 3. The quantitative estimate of drug-likeness (QED) is 0.378. The van der Waals surface area contributed by atoms with Crippen LogP contribution in [0.25, 0.3) is 0 Å². The molecule has 3 aliphatic rings. The molecule has 8 heteroatoms. The molecule has 4 amide bonds. The Kier molecular flexibility index (Phi) is 6.84. The number of methoxy groups -OCH3 is 1. The molecule has 3 rings (SSSR count). The van der Waals surface area contributed by atoms with Crippen molar-refractivity contribution in [1.29, 1.82) is 0 Å². The molecule has 1 N–H and O–H groups in total. The molecule has 8 nitrogen and oxygen atoms in total. The summed E-state index contributed by atoms with van der Waals surface area (Å²) in [5, 5.41) is 2.99. The Labute approximate surface area is 171 Å². The highest BCUT2D eigenvalue weighted by molar-refractivity contribution is 6.19. The van der Waals surface area contributed by atoms with Crippen molar-refractivity contribution in [3.63, 3.8) is 0 Å². The number of rotatable bonds is 8. The lowest BCUT2D eigenvalue weighted by Gasteiger charge is -2.27. The SMILES string of the molecule is COCCC[N+]1=C2C(C=C1C(=O)NCCC1=CCCCC1)C(=O)N(C)C(=O)N2C. The minimum Gasteiger partial charge on any atom is -0.385 e. The van der Waals surface area contributed by atoms with Gasteiger partial charge in [-0.2, -0.15) is 4.90 Å². The molecular weight excluding hydrogens is 372 g/mol. The number of fused-ring (bicyclic) bond motifs is 1. The number of allylic oxidation sites excluding steroid dienone is 1. The van der Waals surface area contributed by atoms with Crippen molar-refractivity contribution in [2.24, 2.45) is 5.92 Å². The van der Waals surface area contributed by atoms with Gasteiger partial charge in [-0.25, -0.2) is 14.3 Å². The van der Waals surface area contributed by atoms with Gasteiger partial charge in [0.15, 0.2) is 11.6 Å². The minimum absolute atomic E-state index is 0.211. The molecular formula is C21H31N4O4+. The van der Waals surface area contributed by atoms with Gasteiger partial charge >= 0.3 is 6.03 Å². The number of ether oxygens (including phenoxy) is 1. The predicted octanol–water partition coefficient (Wildman–Crippen LogP) is 1.48. The van der Waals surface area contributed by atoms with Gasteiger partial charge in [-0.3, -0.25) is 9.59 Å². The lowest BCUT2D eigenvalue weighted by atomic mass is 9.97. The first-order chi connectivity index (χ1) is 14.0. The van der Waals surface area contributed by atoms with E-state index in [1.165, 1.54) is 30.4 Å². The second kappa shape index (κ2) is 9.35. The van der Waals surface area contributed by atoms with Gasteiger partial charge in [0.1, 0.15) is 0 Å². The molecule has 1 fully saturated rings. The van der Waals surface area contributed by atoms with E-state index in [2.05, 4.69) is 11.4 Å². The van der Waals surface area contributed by atoms with E-state index < -0.39 is 11.9 Å². The largest absolute Gasteiger partial charge is 0.417 e. The Bertz CT molecular complexity index is 784. The zero-order valence-electron chi connectivity index (χ0n) is 17.6. The maximum absolute atomic E-state index is 12.9. The molecule has 0 aromatic heterocycles. The zero-order chi connectivity index (χ0) is 21.0. The topological polar surface area (TPSA) is 82.0 Å². The summed E-state index contributed by atoms with van der Waals surface area (Å²) in [6.45, 7) is 1.60. The Morgan fingerprint density at radius 3 is 2.76 bits per heavy atom. The first-order valence-electron chi connectivity index (χ1n) is 10.3. The standard InChI is InChI=1S/C21H30N4O4/c1-23-19-16(20(27)24(2)21(23)28)14-17(25(19)12-7-13-29-3)18(26)22-11-10-15-8-5-4-6-9-15/h8,14,16H,4-7,9-13H2,1-3H3/p+1. The van der Waals surface area contributed by atoms with Crippen LogP contribution in [0.1, 0.15) is 38.5 Å². The van der Waals surface area contributed by atoms with Crippen LogP contribution in [0, 0.1) is 5.92 Å². The van der Waals surface area contributed by atoms with E-state index in [0.29, 0.717) is 37.6 Å². The molecule has 0 bridgehead atoms. The third-order valence-corrected chi connectivity index (χ3v) is 5.76. The highest BCUT2D eigenvalue weighted by Gasteiger charge is 2.51. The van der Waals surface area contributed by atoms with Gasteiger partial charge in [-0.05, 0) is 38.2 Å². The van der Waals surface area contributed by atoms with Crippen LogP contribution in [0.15, 0.2) is 23.4 Å². The van der Waals surface area contributed by atoms with Gasteiger partial charge in [0.2, 0.25) is 0 Å². The molecule has 0 saturated carbocycles. The predicted molar refractivity (Wildman–Crippen MR) is 108 cm³/mol. The van der Waals surface area contributed by atoms with Crippen molar-refractivity contribution in [2.75, 3.05) is 40.9 Å². The van der Waals surface area contributed by atoms with Gasteiger partial charge in [0, 0.05) is 33.7 Å². The van der Waals surface area contributed by atoms with Gasteiger partial charge < -0.3 is 10.1 Å². The fourth-order valence-electron chi connectivity index (χ4n) is 4.17. The van der Waals surface area contributed by atoms with Crippen LogP contribution in [0.5, 0.6) is 0 Å². The van der Waals surface area contributed by atoms with Crippen LogP contribution in [-0.4, -0.2) is 79.0 Å². The number of imide groups is 1. The van der Waals surface area contributed by atoms with Gasteiger partial charge in [0.25, 0.3) is 17.6 Å². The van der Waals surface area contributed by atoms with Gasteiger partial charge in [-0.15, -0.1) is 0 Å². The highest BCUT2D eigenvalue weighted by Crippen LogP contribution is 2.26. The van der Waals surface area contributed by atoms with Crippen LogP contribution in [0.4, 0.5) is 4.79 Å². The highest BCUT2D eigenvalue weighted by atomic mass is 16.5. The van der Waals surface area contributed by atoms with Crippen LogP contribution in [0.3, 0.4) is 0 Å². The molecule has 0 aromatic rings. The van der Waals surface area contributed by atoms with E-state index in [0.717, 1.165) is 24.2 Å². The summed E-state index contributed by atoms with van der Waals surface area (Å²) in [5.41, 5.74) is 1.83.